The molecule has 0 aliphatic carbocycles. The lowest BCUT2D eigenvalue weighted by molar-refractivity contribution is -0.125. The maximum absolute atomic E-state index is 11.8. The molecule has 1 aromatic rings. The second kappa shape index (κ2) is 5.05. The Kier molecular flexibility index (Phi) is 3.47. The third kappa shape index (κ3) is 2.28. The Labute approximate surface area is 105 Å². The van der Waals surface area contributed by atoms with Crippen LogP contribution >= 0.6 is 0 Å². The molecule has 2 rings (SSSR count). The smallest absolute Gasteiger partial charge is 0.265 e. The minimum absolute atomic E-state index is 0.0142. The van der Waals surface area contributed by atoms with Gasteiger partial charge in [-0.05, 0) is 17.7 Å². The van der Waals surface area contributed by atoms with E-state index in [9.17, 15) is 9.59 Å². The van der Waals surface area contributed by atoms with Gasteiger partial charge in [0.25, 0.3) is 5.91 Å². The number of amides is 2. The minimum Gasteiger partial charge on any atom is -0.482 e. The number of nitrogens with zero attached hydrogens (tertiary/aromatic N) is 1. The highest BCUT2D eigenvalue weighted by molar-refractivity contribution is 6.02. The molecule has 0 aromatic heterocycles. The van der Waals surface area contributed by atoms with Gasteiger partial charge >= 0.3 is 0 Å². The molecule has 0 fully saturated rings. The van der Waals surface area contributed by atoms with Gasteiger partial charge in [0, 0.05) is 13.6 Å². The number of benzene rings is 1. The summed E-state index contributed by atoms with van der Waals surface area (Å²) in [5.41, 5.74) is 7.05. The third-order valence-corrected chi connectivity index (χ3v) is 2.78. The van der Waals surface area contributed by atoms with E-state index in [2.05, 4.69) is 5.32 Å². The summed E-state index contributed by atoms with van der Waals surface area (Å²) >= 11 is 0. The molecule has 0 saturated heterocycles. The van der Waals surface area contributed by atoms with E-state index in [1.807, 2.05) is 6.07 Å². The molecule has 1 heterocycles. The van der Waals surface area contributed by atoms with E-state index < -0.39 is 0 Å². The number of ether oxygens (including phenoxy) is 1. The summed E-state index contributed by atoms with van der Waals surface area (Å²) in [5.74, 6) is 0.130. The summed E-state index contributed by atoms with van der Waals surface area (Å²) in [7, 11) is 1.53. The summed E-state index contributed by atoms with van der Waals surface area (Å²) in [5, 5.41) is 2.49. The molecule has 3 N–H and O–H groups in total. The van der Waals surface area contributed by atoms with Gasteiger partial charge in [0.1, 0.15) is 12.3 Å². The second-order valence-electron chi connectivity index (χ2n) is 3.95. The lowest BCUT2D eigenvalue weighted by Crippen LogP contribution is -2.44. The Morgan fingerprint density at radius 2 is 2.33 bits per heavy atom. The van der Waals surface area contributed by atoms with Crippen LogP contribution in [0.4, 0.5) is 5.69 Å². The fourth-order valence-corrected chi connectivity index (χ4v) is 1.77. The molecule has 1 aromatic carbocycles. The summed E-state index contributed by atoms with van der Waals surface area (Å²) < 4.78 is 5.32. The first-order valence-electron chi connectivity index (χ1n) is 5.62. The zero-order valence-electron chi connectivity index (χ0n) is 10.1. The van der Waals surface area contributed by atoms with E-state index >= 15 is 0 Å². The maximum Gasteiger partial charge on any atom is 0.265 e. The first-order chi connectivity index (χ1) is 8.65. The highest BCUT2D eigenvalue weighted by Crippen LogP contribution is 2.32. The van der Waals surface area contributed by atoms with Crippen molar-refractivity contribution in [3.63, 3.8) is 0 Å². The van der Waals surface area contributed by atoms with Crippen LogP contribution in [-0.4, -0.2) is 32.0 Å². The Hall–Kier alpha value is -2.08. The van der Waals surface area contributed by atoms with Crippen LogP contribution in [0.1, 0.15) is 5.56 Å². The highest BCUT2D eigenvalue weighted by atomic mass is 16.5. The van der Waals surface area contributed by atoms with E-state index in [1.165, 1.54) is 11.9 Å². The van der Waals surface area contributed by atoms with Crippen LogP contribution < -0.4 is 20.7 Å². The molecule has 6 nitrogen and oxygen atoms in total. The van der Waals surface area contributed by atoms with Crippen molar-refractivity contribution in [2.45, 2.75) is 6.54 Å². The number of anilines is 1. The van der Waals surface area contributed by atoms with Crippen molar-refractivity contribution in [1.82, 2.24) is 5.32 Å². The number of carbonyl (C=O) groups excluding carboxylic acids is 2. The minimum atomic E-state index is -0.236. The second-order valence-corrected chi connectivity index (χ2v) is 3.95. The molecule has 96 valence electrons. The van der Waals surface area contributed by atoms with Crippen LogP contribution in [0.25, 0.3) is 0 Å². The summed E-state index contributed by atoms with van der Waals surface area (Å²) in [6.45, 7) is 0.307. The Balaban J connectivity index is 2.35. The van der Waals surface area contributed by atoms with Gasteiger partial charge in [0.2, 0.25) is 5.91 Å². The average molecular weight is 249 g/mol. The van der Waals surface area contributed by atoms with E-state index in [4.69, 9.17) is 10.5 Å². The number of fused-ring (bicyclic) bond motifs is 1. The highest BCUT2D eigenvalue weighted by Gasteiger charge is 2.27. The molecule has 0 saturated carbocycles. The maximum atomic E-state index is 11.8. The van der Waals surface area contributed by atoms with E-state index in [-0.39, 0.29) is 25.0 Å². The molecule has 1 aliphatic rings. The van der Waals surface area contributed by atoms with E-state index in [1.54, 1.807) is 12.1 Å². The average Bonchev–Trinajstić information content (AvgIpc) is 2.41. The molecule has 1 aliphatic heterocycles. The van der Waals surface area contributed by atoms with E-state index in [0.29, 0.717) is 18.0 Å². The summed E-state index contributed by atoms with van der Waals surface area (Å²) in [6, 6.07) is 5.38. The lowest BCUT2D eigenvalue weighted by Gasteiger charge is -2.29. The standard InChI is InChI=1S/C12H15N3O3/c1-14-11(16)6-15-9-4-8(5-13)2-3-10(9)18-7-12(15)17/h2-4H,5-7,13H2,1H3,(H,14,16). The van der Waals surface area contributed by atoms with Crippen molar-refractivity contribution in [3.8, 4) is 5.75 Å². The molecule has 0 spiro atoms. The Morgan fingerprint density at radius 1 is 1.56 bits per heavy atom. The molecular formula is C12H15N3O3. The third-order valence-electron chi connectivity index (χ3n) is 2.78. The fraction of sp³-hybridized carbons (Fsp3) is 0.333. The molecule has 6 heteroatoms. The molecule has 2 amide bonds. The zero-order valence-corrected chi connectivity index (χ0v) is 10.1. The first-order valence-corrected chi connectivity index (χ1v) is 5.62. The van der Waals surface area contributed by atoms with Gasteiger partial charge in [0.05, 0.1) is 5.69 Å². The quantitative estimate of drug-likeness (QED) is 0.764. The van der Waals surface area contributed by atoms with Gasteiger partial charge in [-0.15, -0.1) is 0 Å². The SMILES string of the molecule is CNC(=O)CN1C(=O)COc2ccc(CN)cc21. The van der Waals surface area contributed by atoms with Crippen molar-refractivity contribution in [2.75, 3.05) is 25.1 Å². The summed E-state index contributed by atoms with van der Waals surface area (Å²) in [4.78, 5) is 24.6. The largest absolute Gasteiger partial charge is 0.482 e. The van der Waals surface area contributed by atoms with Crippen molar-refractivity contribution in [2.24, 2.45) is 5.73 Å². The molecule has 0 atom stereocenters. The van der Waals surface area contributed by atoms with Crippen LogP contribution in [0.3, 0.4) is 0 Å². The van der Waals surface area contributed by atoms with Gasteiger partial charge < -0.3 is 15.8 Å². The number of nitrogens with one attached hydrogen (secondary N) is 1. The molecule has 0 unspecified atom stereocenters. The first kappa shape index (κ1) is 12.4. The summed E-state index contributed by atoms with van der Waals surface area (Å²) in [6.07, 6.45) is 0. The molecule has 18 heavy (non-hydrogen) atoms. The number of likely N-dealkylation sites (N-methyl/N-ethyl adjacent to an activating group) is 1. The van der Waals surface area contributed by atoms with Crippen LogP contribution in [0.5, 0.6) is 5.75 Å². The van der Waals surface area contributed by atoms with Crippen molar-refractivity contribution < 1.29 is 14.3 Å². The van der Waals surface area contributed by atoms with Gasteiger partial charge in [-0.3, -0.25) is 14.5 Å². The van der Waals surface area contributed by atoms with Crippen molar-refractivity contribution in [1.29, 1.82) is 0 Å². The Bertz CT molecular complexity index is 487. The number of carbonyl (C=O) groups is 2. The monoisotopic (exact) mass is 249 g/mol. The normalized spacial score (nSPS) is 13.9. The predicted octanol–water partition coefficient (Wildman–Crippen LogP) is -0.383. The molecular weight excluding hydrogens is 234 g/mol. The van der Waals surface area contributed by atoms with Gasteiger partial charge in [-0.25, -0.2) is 0 Å². The van der Waals surface area contributed by atoms with Crippen LogP contribution in [-0.2, 0) is 16.1 Å². The number of hydrogen-bond acceptors (Lipinski definition) is 4. The van der Waals surface area contributed by atoms with Crippen molar-refractivity contribution >= 4 is 17.5 Å². The van der Waals surface area contributed by atoms with Gasteiger partial charge in [-0.1, -0.05) is 6.07 Å². The van der Waals surface area contributed by atoms with Crippen molar-refractivity contribution in [3.05, 3.63) is 23.8 Å². The lowest BCUT2D eigenvalue weighted by atomic mass is 10.1. The zero-order chi connectivity index (χ0) is 13.1. The molecule has 0 bridgehead atoms. The topological polar surface area (TPSA) is 84.7 Å². The van der Waals surface area contributed by atoms with Gasteiger partial charge in [0.15, 0.2) is 6.61 Å². The van der Waals surface area contributed by atoms with Gasteiger partial charge in [-0.2, -0.15) is 0 Å². The fourth-order valence-electron chi connectivity index (χ4n) is 1.77. The number of nitrogens with two attached hydrogens (primary N) is 1. The van der Waals surface area contributed by atoms with Crippen LogP contribution in [0.15, 0.2) is 18.2 Å². The number of rotatable bonds is 3. The molecule has 0 radical (unpaired) electrons. The van der Waals surface area contributed by atoms with Crippen LogP contribution in [0, 0.1) is 0 Å². The Morgan fingerprint density at radius 3 is 3.00 bits per heavy atom. The van der Waals surface area contributed by atoms with E-state index in [0.717, 1.165) is 5.56 Å². The predicted molar refractivity (Wildman–Crippen MR) is 66.2 cm³/mol. The number of hydrogen-bond donors (Lipinski definition) is 2. The van der Waals surface area contributed by atoms with Crippen LogP contribution in [0.2, 0.25) is 0 Å².